The van der Waals surface area contributed by atoms with E-state index in [1.54, 1.807) is 12.4 Å². The molecular formula is C9H13NO. The number of hydrogen-bond acceptors (Lipinski definition) is 2. The van der Waals surface area contributed by atoms with E-state index in [4.69, 9.17) is 4.74 Å². The van der Waals surface area contributed by atoms with Crippen molar-refractivity contribution in [1.82, 2.24) is 4.98 Å². The van der Waals surface area contributed by atoms with Crippen LogP contribution < -0.4 is 4.74 Å². The first-order valence-electron chi connectivity index (χ1n) is 3.82. The first kappa shape index (κ1) is 8.05. The van der Waals surface area contributed by atoms with E-state index in [9.17, 15) is 0 Å². The number of ether oxygens (including phenoxy) is 1. The summed E-state index contributed by atoms with van der Waals surface area (Å²) >= 11 is 0. The zero-order valence-corrected chi connectivity index (χ0v) is 6.95. The Morgan fingerprint density at radius 3 is 2.91 bits per heavy atom. The molecule has 60 valence electrons. The summed E-state index contributed by atoms with van der Waals surface area (Å²) in [6.45, 7) is 5.00. The molecule has 0 spiro atoms. The Morgan fingerprint density at radius 1 is 1.55 bits per heavy atom. The molecule has 0 saturated heterocycles. The van der Waals surface area contributed by atoms with Gasteiger partial charge < -0.3 is 4.74 Å². The maximum Gasteiger partial charge on any atom is 0.137 e. The van der Waals surface area contributed by atoms with Crippen molar-refractivity contribution in [3.05, 3.63) is 24.5 Å². The smallest absolute Gasteiger partial charge is 0.137 e. The maximum absolute atomic E-state index is 5.40. The SMILES string of the molecule is CC(C)COc1cccnc1. The summed E-state index contributed by atoms with van der Waals surface area (Å²) in [6.07, 6.45) is 3.46. The van der Waals surface area contributed by atoms with Crippen LogP contribution in [0, 0.1) is 5.92 Å². The zero-order valence-electron chi connectivity index (χ0n) is 6.95. The monoisotopic (exact) mass is 151 g/mol. The highest BCUT2D eigenvalue weighted by Crippen LogP contribution is 2.07. The third-order valence-corrected chi connectivity index (χ3v) is 1.22. The van der Waals surface area contributed by atoms with Gasteiger partial charge >= 0.3 is 0 Å². The summed E-state index contributed by atoms with van der Waals surface area (Å²) < 4.78 is 5.40. The molecule has 0 unspecified atom stereocenters. The molecule has 0 aliphatic carbocycles. The van der Waals surface area contributed by atoms with E-state index < -0.39 is 0 Å². The summed E-state index contributed by atoms with van der Waals surface area (Å²) in [7, 11) is 0. The molecule has 11 heavy (non-hydrogen) atoms. The van der Waals surface area contributed by atoms with Crippen LogP contribution in [-0.2, 0) is 0 Å². The first-order valence-corrected chi connectivity index (χ1v) is 3.82. The lowest BCUT2D eigenvalue weighted by Crippen LogP contribution is -2.04. The summed E-state index contributed by atoms with van der Waals surface area (Å²) in [6, 6.07) is 3.78. The standard InChI is InChI=1S/C9H13NO/c1-8(2)7-11-9-4-3-5-10-6-9/h3-6,8H,7H2,1-2H3. The zero-order chi connectivity index (χ0) is 8.10. The maximum atomic E-state index is 5.40. The van der Waals surface area contributed by atoms with Crippen LogP contribution >= 0.6 is 0 Å². The first-order chi connectivity index (χ1) is 5.29. The van der Waals surface area contributed by atoms with E-state index in [-0.39, 0.29) is 0 Å². The number of aromatic nitrogens is 1. The lowest BCUT2D eigenvalue weighted by molar-refractivity contribution is 0.270. The van der Waals surface area contributed by atoms with Crippen molar-refractivity contribution in [3.8, 4) is 5.75 Å². The molecule has 0 atom stereocenters. The van der Waals surface area contributed by atoms with Crippen molar-refractivity contribution in [1.29, 1.82) is 0 Å². The molecule has 0 aromatic carbocycles. The molecule has 0 amide bonds. The van der Waals surface area contributed by atoms with E-state index in [1.807, 2.05) is 12.1 Å². The summed E-state index contributed by atoms with van der Waals surface area (Å²) in [4.78, 5) is 3.94. The van der Waals surface area contributed by atoms with Crippen LogP contribution in [0.1, 0.15) is 13.8 Å². The van der Waals surface area contributed by atoms with Gasteiger partial charge in [-0.25, -0.2) is 0 Å². The van der Waals surface area contributed by atoms with Crippen LogP contribution in [0.5, 0.6) is 5.75 Å². The van der Waals surface area contributed by atoms with Gasteiger partial charge in [0.2, 0.25) is 0 Å². The van der Waals surface area contributed by atoms with Crippen molar-refractivity contribution in [3.63, 3.8) is 0 Å². The predicted molar refractivity (Wildman–Crippen MR) is 44.6 cm³/mol. The molecule has 0 saturated carbocycles. The average molecular weight is 151 g/mol. The van der Waals surface area contributed by atoms with E-state index in [1.165, 1.54) is 0 Å². The second-order valence-corrected chi connectivity index (χ2v) is 2.89. The van der Waals surface area contributed by atoms with Gasteiger partial charge in [-0.05, 0) is 18.1 Å². The van der Waals surface area contributed by atoms with Crippen LogP contribution in [0.3, 0.4) is 0 Å². The molecule has 2 nitrogen and oxygen atoms in total. The Bertz CT molecular complexity index is 196. The van der Waals surface area contributed by atoms with Crippen LogP contribution in [0.2, 0.25) is 0 Å². The fourth-order valence-corrected chi connectivity index (χ4v) is 0.695. The quantitative estimate of drug-likeness (QED) is 0.660. The van der Waals surface area contributed by atoms with Crippen molar-refractivity contribution >= 4 is 0 Å². The van der Waals surface area contributed by atoms with Crippen LogP contribution in [-0.4, -0.2) is 11.6 Å². The van der Waals surface area contributed by atoms with Gasteiger partial charge in [0.1, 0.15) is 5.75 Å². The van der Waals surface area contributed by atoms with Gasteiger partial charge in [-0.1, -0.05) is 13.8 Å². The minimum absolute atomic E-state index is 0.565. The van der Waals surface area contributed by atoms with Gasteiger partial charge in [0.25, 0.3) is 0 Å². The predicted octanol–water partition coefficient (Wildman–Crippen LogP) is 2.12. The normalized spacial score (nSPS) is 10.1. The van der Waals surface area contributed by atoms with E-state index >= 15 is 0 Å². The molecular weight excluding hydrogens is 138 g/mol. The van der Waals surface area contributed by atoms with Gasteiger partial charge in [0, 0.05) is 6.20 Å². The van der Waals surface area contributed by atoms with Gasteiger partial charge in [0.15, 0.2) is 0 Å². The highest BCUT2D eigenvalue weighted by molar-refractivity contribution is 5.15. The van der Waals surface area contributed by atoms with Gasteiger partial charge in [-0.3, -0.25) is 4.98 Å². The third-order valence-electron chi connectivity index (χ3n) is 1.22. The highest BCUT2D eigenvalue weighted by atomic mass is 16.5. The van der Waals surface area contributed by atoms with Crippen molar-refractivity contribution < 1.29 is 4.74 Å². The largest absolute Gasteiger partial charge is 0.492 e. The van der Waals surface area contributed by atoms with Crippen molar-refractivity contribution in [2.75, 3.05) is 6.61 Å². The molecule has 0 aliphatic rings. The van der Waals surface area contributed by atoms with Crippen LogP contribution in [0.4, 0.5) is 0 Å². The van der Waals surface area contributed by atoms with Gasteiger partial charge in [-0.15, -0.1) is 0 Å². The summed E-state index contributed by atoms with van der Waals surface area (Å²) in [5, 5.41) is 0. The molecule has 1 aromatic rings. The molecule has 0 aliphatic heterocycles. The summed E-state index contributed by atoms with van der Waals surface area (Å²) in [5.74, 6) is 1.41. The second kappa shape index (κ2) is 3.96. The highest BCUT2D eigenvalue weighted by Gasteiger charge is 1.94. The molecule has 2 heteroatoms. The fourth-order valence-electron chi connectivity index (χ4n) is 0.695. The van der Waals surface area contributed by atoms with Crippen LogP contribution in [0.15, 0.2) is 24.5 Å². The Balaban J connectivity index is 2.39. The Hall–Kier alpha value is -1.05. The molecule has 0 radical (unpaired) electrons. The second-order valence-electron chi connectivity index (χ2n) is 2.89. The molecule has 1 heterocycles. The molecule has 1 aromatic heterocycles. The van der Waals surface area contributed by atoms with Crippen molar-refractivity contribution in [2.45, 2.75) is 13.8 Å². The summed E-state index contributed by atoms with van der Waals surface area (Å²) in [5.41, 5.74) is 0. The molecule has 0 N–H and O–H groups in total. The number of pyridine rings is 1. The molecule has 1 rings (SSSR count). The van der Waals surface area contributed by atoms with E-state index in [0.29, 0.717) is 5.92 Å². The number of hydrogen-bond donors (Lipinski definition) is 0. The molecule has 0 bridgehead atoms. The van der Waals surface area contributed by atoms with E-state index in [2.05, 4.69) is 18.8 Å². The van der Waals surface area contributed by atoms with Gasteiger partial charge in [-0.2, -0.15) is 0 Å². The minimum atomic E-state index is 0.565. The Kier molecular flexibility index (Phi) is 2.90. The van der Waals surface area contributed by atoms with Gasteiger partial charge in [0.05, 0.1) is 12.8 Å². The molecule has 0 fully saturated rings. The lowest BCUT2D eigenvalue weighted by Gasteiger charge is -2.06. The Morgan fingerprint density at radius 2 is 2.36 bits per heavy atom. The average Bonchev–Trinajstić information content (AvgIpc) is 2.03. The van der Waals surface area contributed by atoms with E-state index in [0.717, 1.165) is 12.4 Å². The Labute approximate surface area is 67.2 Å². The minimum Gasteiger partial charge on any atom is -0.492 e. The van der Waals surface area contributed by atoms with Crippen molar-refractivity contribution in [2.24, 2.45) is 5.92 Å². The topological polar surface area (TPSA) is 22.1 Å². The van der Waals surface area contributed by atoms with Crippen LogP contribution in [0.25, 0.3) is 0 Å². The lowest BCUT2D eigenvalue weighted by atomic mass is 10.2. The number of nitrogens with zero attached hydrogens (tertiary/aromatic N) is 1. The third kappa shape index (κ3) is 3.03. The number of rotatable bonds is 3. The fraction of sp³-hybridized carbons (Fsp3) is 0.444.